The molecule has 4 rings (SSSR count). The van der Waals surface area contributed by atoms with Crippen molar-refractivity contribution >= 4 is 39.9 Å². The first-order valence-electron chi connectivity index (χ1n) is 8.97. The Kier molecular flexibility index (Phi) is 4.22. The largest absolute Gasteiger partial charge is 0.307 e. The summed E-state index contributed by atoms with van der Waals surface area (Å²) in [7, 11) is 0. The molecule has 140 valence electrons. The number of aromatic nitrogens is 1. The number of carbonyl (C=O) groups is 3. The second-order valence-electron chi connectivity index (χ2n) is 6.75. The molecule has 3 amide bonds. The summed E-state index contributed by atoms with van der Waals surface area (Å²) in [5, 5.41) is 3.30. The number of para-hydroxylation sites is 1. The second-order valence-corrected chi connectivity index (χ2v) is 7.98. The zero-order valence-electron chi connectivity index (χ0n) is 15.2. The summed E-state index contributed by atoms with van der Waals surface area (Å²) in [6, 6.07) is 6.99. The molecule has 0 unspecified atom stereocenters. The lowest BCUT2D eigenvalue weighted by molar-refractivity contribution is -0.128. The van der Waals surface area contributed by atoms with Gasteiger partial charge in [-0.2, -0.15) is 0 Å². The molecule has 0 aliphatic carbocycles. The third-order valence-electron chi connectivity index (χ3n) is 5.03. The molecule has 1 aromatic heterocycles. The van der Waals surface area contributed by atoms with Crippen molar-refractivity contribution in [1.82, 2.24) is 9.88 Å². The minimum absolute atomic E-state index is 0.151. The number of nitrogens with zero attached hydrogens (tertiary/aromatic N) is 3. The van der Waals surface area contributed by atoms with Gasteiger partial charge in [-0.05, 0) is 25.5 Å². The molecule has 1 aromatic carbocycles. The molecule has 8 heteroatoms. The van der Waals surface area contributed by atoms with Gasteiger partial charge < -0.3 is 4.90 Å². The van der Waals surface area contributed by atoms with E-state index in [2.05, 4.69) is 10.3 Å². The fraction of sp³-hybridized carbons (Fsp3) is 0.368. The molecule has 2 aliphatic heterocycles. The fourth-order valence-corrected chi connectivity index (χ4v) is 4.58. The summed E-state index contributed by atoms with van der Waals surface area (Å²) in [5.74, 6) is -0.760. The molecule has 1 N–H and O–H groups in total. The van der Waals surface area contributed by atoms with Crippen molar-refractivity contribution in [2.45, 2.75) is 38.8 Å². The van der Waals surface area contributed by atoms with Crippen LogP contribution in [0, 0.1) is 6.92 Å². The monoisotopic (exact) mass is 384 g/mol. The van der Waals surface area contributed by atoms with Crippen molar-refractivity contribution in [2.75, 3.05) is 16.8 Å². The van der Waals surface area contributed by atoms with Gasteiger partial charge in [-0.15, -0.1) is 11.3 Å². The van der Waals surface area contributed by atoms with Gasteiger partial charge in [0.05, 0.1) is 11.3 Å². The first-order valence-corrected chi connectivity index (χ1v) is 9.78. The highest BCUT2D eigenvalue weighted by Gasteiger charge is 2.60. The SMILES string of the molecule is CCCN1C(=O)c2ccccc2N2C(=O)CC[C@@]12C(=O)Nc1ncc(C)s1. The normalized spacial score (nSPS) is 21.3. The van der Waals surface area contributed by atoms with Gasteiger partial charge in [0.1, 0.15) is 0 Å². The van der Waals surface area contributed by atoms with Crippen LogP contribution in [0.1, 0.15) is 41.4 Å². The first kappa shape index (κ1) is 17.7. The van der Waals surface area contributed by atoms with Crippen LogP contribution in [0.15, 0.2) is 30.5 Å². The zero-order chi connectivity index (χ0) is 19.2. The van der Waals surface area contributed by atoms with Crippen LogP contribution < -0.4 is 10.2 Å². The molecular formula is C19H20N4O3S. The van der Waals surface area contributed by atoms with E-state index in [1.165, 1.54) is 16.2 Å². The van der Waals surface area contributed by atoms with Crippen molar-refractivity contribution < 1.29 is 14.4 Å². The van der Waals surface area contributed by atoms with E-state index in [4.69, 9.17) is 0 Å². The third-order valence-corrected chi connectivity index (χ3v) is 5.85. The second kappa shape index (κ2) is 6.45. The molecule has 1 atom stereocenters. The summed E-state index contributed by atoms with van der Waals surface area (Å²) in [5.41, 5.74) is -0.393. The quantitative estimate of drug-likeness (QED) is 0.879. The van der Waals surface area contributed by atoms with E-state index >= 15 is 0 Å². The minimum atomic E-state index is -1.35. The Morgan fingerprint density at radius 1 is 1.33 bits per heavy atom. The van der Waals surface area contributed by atoms with Gasteiger partial charge in [0.15, 0.2) is 5.13 Å². The smallest absolute Gasteiger partial charge is 0.273 e. The van der Waals surface area contributed by atoms with Gasteiger partial charge in [0, 0.05) is 30.5 Å². The van der Waals surface area contributed by atoms with Crippen LogP contribution in [0.5, 0.6) is 0 Å². The van der Waals surface area contributed by atoms with E-state index in [1.54, 1.807) is 35.4 Å². The maximum absolute atomic E-state index is 13.4. The maximum Gasteiger partial charge on any atom is 0.273 e. The van der Waals surface area contributed by atoms with Crippen LogP contribution in [0.25, 0.3) is 0 Å². The number of nitrogens with one attached hydrogen (secondary N) is 1. The van der Waals surface area contributed by atoms with Crippen LogP contribution in [0.2, 0.25) is 0 Å². The predicted octanol–water partition coefficient (Wildman–Crippen LogP) is 2.78. The van der Waals surface area contributed by atoms with Crippen LogP contribution in [-0.4, -0.2) is 39.8 Å². The molecule has 0 radical (unpaired) electrons. The molecule has 27 heavy (non-hydrogen) atoms. The van der Waals surface area contributed by atoms with Crippen molar-refractivity contribution in [3.63, 3.8) is 0 Å². The van der Waals surface area contributed by atoms with E-state index in [1.807, 2.05) is 13.8 Å². The zero-order valence-corrected chi connectivity index (χ0v) is 16.0. The van der Waals surface area contributed by atoms with Gasteiger partial charge in [-0.1, -0.05) is 19.1 Å². The molecule has 0 bridgehead atoms. The number of anilines is 2. The molecule has 2 aliphatic rings. The number of carbonyl (C=O) groups excluding carboxylic acids is 3. The Labute approximate surface area is 161 Å². The van der Waals surface area contributed by atoms with E-state index in [0.717, 1.165) is 4.88 Å². The van der Waals surface area contributed by atoms with Crippen molar-refractivity contribution in [2.24, 2.45) is 0 Å². The Bertz CT molecular complexity index is 941. The number of hydrogen-bond donors (Lipinski definition) is 1. The van der Waals surface area contributed by atoms with Crippen molar-refractivity contribution in [1.29, 1.82) is 0 Å². The van der Waals surface area contributed by atoms with Gasteiger partial charge >= 0.3 is 0 Å². The lowest BCUT2D eigenvalue weighted by atomic mass is 9.95. The first-order chi connectivity index (χ1) is 13.0. The molecule has 2 aromatic rings. The molecule has 7 nitrogen and oxygen atoms in total. The van der Waals surface area contributed by atoms with Crippen LogP contribution >= 0.6 is 11.3 Å². The fourth-order valence-electron chi connectivity index (χ4n) is 3.92. The summed E-state index contributed by atoms with van der Waals surface area (Å²) in [4.78, 5) is 47.7. The lowest BCUT2D eigenvalue weighted by Gasteiger charge is -2.49. The van der Waals surface area contributed by atoms with Crippen molar-refractivity contribution in [3.05, 3.63) is 40.9 Å². The summed E-state index contributed by atoms with van der Waals surface area (Å²) in [6.07, 6.45) is 2.84. The topological polar surface area (TPSA) is 82.6 Å². The highest BCUT2D eigenvalue weighted by atomic mass is 32.1. The third kappa shape index (κ3) is 2.55. The highest BCUT2D eigenvalue weighted by molar-refractivity contribution is 7.15. The highest BCUT2D eigenvalue weighted by Crippen LogP contribution is 2.45. The molecule has 3 heterocycles. The number of rotatable bonds is 4. The van der Waals surface area contributed by atoms with Crippen molar-refractivity contribution in [3.8, 4) is 0 Å². The number of fused-ring (bicyclic) bond motifs is 3. The Morgan fingerprint density at radius 3 is 2.81 bits per heavy atom. The number of amides is 3. The summed E-state index contributed by atoms with van der Waals surface area (Å²) < 4.78 is 0. The Morgan fingerprint density at radius 2 is 2.11 bits per heavy atom. The van der Waals surface area contributed by atoms with Gasteiger partial charge in [0.2, 0.25) is 11.6 Å². The number of thiazole rings is 1. The summed E-state index contributed by atoms with van der Waals surface area (Å²) in [6.45, 7) is 4.24. The standard InChI is InChI=1S/C19H20N4O3S/c1-3-10-22-16(25)13-6-4-5-7-14(13)23-15(24)8-9-19(22,23)17(26)21-18-20-11-12(2)27-18/h4-7,11H,3,8-10H2,1-2H3,(H,20,21,26)/t19-/m1/s1. The Balaban J connectivity index is 1.85. The van der Waals surface area contributed by atoms with E-state index in [-0.39, 0.29) is 30.6 Å². The molecule has 1 fully saturated rings. The number of benzene rings is 1. The van der Waals surface area contributed by atoms with Crippen LogP contribution in [0.3, 0.4) is 0 Å². The molecule has 1 saturated heterocycles. The Hall–Kier alpha value is -2.74. The van der Waals surface area contributed by atoms with Gasteiger partial charge in [0.25, 0.3) is 11.8 Å². The van der Waals surface area contributed by atoms with Gasteiger partial charge in [-0.3, -0.25) is 24.6 Å². The molecule has 0 spiro atoms. The molecule has 0 saturated carbocycles. The maximum atomic E-state index is 13.4. The van der Waals surface area contributed by atoms with Crippen LogP contribution in [0.4, 0.5) is 10.8 Å². The van der Waals surface area contributed by atoms with Crippen LogP contribution in [-0.2, 0) is 9.59 Å². The van der Waals surface area contributed by atoms with E-state index < -0.39 is 5.66 Å². The minimum Gasteiger partial charge on any atom is -0.307 e. The number of aryl methyl sites for hydroxylation is 1. The van der Waals surface area contributed by atoms with E-state index in [0.29, 0.717) is 29.3 Å². The lowest BCUT2D eigenvalue weighted by Crippen LogP contribution is -2.69. The number of hydrogen-bond acceptors (Lipinski definition) is 5. The molecular weight excluding hydrogens is 364 g/mol. The van der Waals surface area contributed by atoms with E-state index in [9.17, 15) is 14.4 Å². The average Bonchev–Trinajstić information content (AvgIpc) is 3.22. The predicted molar refractivity (Wildman–Crippen MR) is 103 cm³/mol. The van der Waals surface area contributed by atoms with Gasteiger partial charge in [-0.25, -0.2) is 4.98 Å². The average molecular weight is 384 g/mol. The summed E-state index contributed by atoms with van der Waals surface area (Å²) >= 11 is 1.36.